The average Bonchev–Trinajstić information content (AvgIpc) is 2.64. The minimum absolute atomic E-state index is 0.146. The lowest BCUT2D eigenvalue weighted by atomic mass is 10.1. The minimum atomic E-state index is -4.06. The van der Waals surface area contributed by atoms with E-state index >= 15 is 0 Å². The predicted molar refractivity (Wildman–Crippen MR) is 101 cm³/mol. The van der Waals surface area contributed by atoms with Crippen molar-refractivity contribution in [2.24, 2.45) is 0 Å². The summed E-state index contributed by atoms with van der Waals surface area (Å²) in [6.07, 6.45) is 3.05. The molecule has 0 fully saturated rings. The van der Waals surface area contributed by atoms with E-state index in [0.29, 0.717) is 11.3 Å². The Kier molecular flexibility index (Phi) is 5.18. The quantitative estimate of drug-likeness (QED) is 0.703. The van der Waals surface area contributed by atoms with E-state index in [-0.39, 0.29) is 16.1 Å². The first-order chi connectivity index (χ1) is 12.9. The molecule has 0 saturated heterocycles. The van der Waals surface area contributed by atoms with Crippen LogP contribution in [0.3, 0.4) is 0 Å². The lowest BCUT2D eigenvalue weighted by molar-refractivity contribution is 0.102. The maximum Gasteiger partial charge on any atom is 0.262 e. The van der Waals surface area contributed by atoms with Crippen LogP contribution in [-0.4, -0.2) is 19.3 Å². The highest BCUT2D eigenvalue weighted by atomic mass is 32.2. The van der Waals surface area contributed by atoms with E-state index in [1.807, 2.05) is 0 Å². The van der Waals surface area contributed by atoms with Crippen LogP contribution in [0.4, 0.5) is 15.8 Å². The Labute approximate surface area is 156 Å². The molecule has 0 aliphatic carbocycles. The number of hydrogen-bond donors (Lipinski definition) is 2. The molecule has 8 heteroatoms. The van der Waals surface area contributed by atoms with Gasteiger partial charge in [-0.05, 0) is 48.9 Å². The van der Waals surface area contributed by atoms with E-state index in [9.17, 15) is 17.6 Å². The summed E-state index contributed by atoms with van der Waals surface area (Å²) in [6, 6.07) is 12.9. The number of halogens is 1. The summed E-state index contributed by atoms with van der Waals surface area (Å²) < 4.78 is 41.1. The second kappa shape index (κ2) is 7.55. The van der Waals surface area contributed by atoms with E-state index in [2.05, 4.69) is 15.0 Å². The number of benzene rings is 2. The Bertz CT molecular complexity index is 1090. The number of amides is 1. The molecule has 0 aliphatic heterocycles. The Balaban J connectivity index is 1.90. The Morgan fingerprint density at radius 2 is 1.85 bits per heavy atom. The third-order valence-electron chi connectivity index (χ3n) is 3.80. The number of aryl methyl sites for hydroxylation is 1. The van der Waals surface area contributed by atoms with E-state index in [4.69, 9.17) is 0 Å². The highest BCUT2D eigenvalue weighted by molar-refractivity contribution is 7.92. The molecule has 3 aromatic rings. The second-order valence-corrected chi connectivity index (χ2v) is 7.44. The van der Waals surface area contributed by atoms with Gasteiger partial charge in [-0.15, -0.1) is 0 Å². The normalized spacial score (nSPS) is 11.0. The highest BCUT2D eigenvalue weighted by Gasteiger charge is 2.19. The number of aromatic nitrogens is 1. The number of nitrogens with zero attached hydrogens (tertiary/aromatic N) is 1. The molecule has 0 unspecified atom stereocenters. The van der Waals surface area contributed by atoms with E-state index < -0.39 is 21.7 Å². The van der Waals surface area contributed by atoms with Crippen molar-refractivity contribution in [2.45, 2.75) is 11.8 Å². The summed E-state index contributed by atoms with van der Waals surface area (Å²) in [5, 5.41) is 2.66. The fraction of sp³-hybridized carbons (Fsp3) is 0.0526. The zero-order valence-corrected chi connectivity index (χ0v) is 15.1. The molecule has 0 bridgehead atoms. The molecule has 3 rings (SSSR count). The number of rotatable bonds is 5. The maximum absolute atomic E-state index is 13.8. The molecule has 138 valence electrons. The van der Waals surface area contributed by atoms with Crippen LogP contribution in [0.1, 0.15) is 15.9 Å². The van der Waals surface area contributed by atoms with Gasteiger partial charge in [-0.2, -0.15) is 0 Å². The number of carbonyl (C=O) groups excluding carboxylic acids is 1. The number of pyridine rings is 1. The van der Waals surface area contributed by atoms with Gasteiger partial charge in [0, 0.05) is 11.8 Å². The van der Waals surface area contributed by atoms with Crippen LogP contribution in [0.2, 0.25) is 0 Å². The van der Waals surface area contributed by atoms with Gasteiger partial charge < -0.3 is 5.32 Å². The van der Waals surface area contributed by atoms with Crippen molar-refractivity contribution in [3.05, 3.63) is 83.9 Å². The Hall–Kier alpha value is -3.26. The molecule has 0 radical (unpaired) electrons. The molecule has 2 N–H and O–H groups in total. The van der Waals surface area contributed by atoms with Crippen LogP contribution in [0, 0.1) is 12.7 Å². The molecule has 0 aliphatic rings. The van der Waals surface area contributed by atoms with Gasteiger partial charge in [0.25, 0.3) is 15.9 Å². The minimum Gasteiger partial charge on any atom is -0.321 e. The van der Waals surface area contributed by atoms with Gasteiger partial charge in [0.15, 0.2) is 0 Å². The fourth-order valence-corrected chi connectivity index (χ4v) is 3.49. The topological polar surface area (TPSA) is 88.2 Å². The summed E-state index contributed by atoms with van der Waals surface area (Å²) in [6.45, 7) is 1.69. The SMILES string of the molecule is Cc1ccc(S(=O)(=O)Nc2ccccc2F)cc1C(=O)Nc1cccnc1. The lowest BCUT2D eigenvalue weighted by Crippen LogP contribution is -2.17. The van der Waals surface area contributed by atoms with Crippen LogP contribution in [0.25, 0.3) is 0 Å². The molecule has 0 saturated carbocycles. The van der Waals surface area contributed by atoms with Crippen LogP contribution < -0.4 is 10.0 Å². The summed E-state index contributed by atoms with van der Waals surface area (Å²) in [4.78, 5) is 16.3. The van der Waals surface area contributed by atoms with Gasteiger partial charge in [-0.1, -0.05) is 18.2 Å². The van der Waals surface area contributed by atoms with Gasteiger partial charge in [0.2, 0.25) is 0 Å². The number of hydrogen-bond acceptors (Lipinski definition) is 4. The largest absolute Gasteiger partial charge is 0.321 e. The van der Waals surface area contributed by atoms with Crippen LogP contribution in [-0.2, 0) is 10.0 Å². The molecule has 27 heavy (non-hydrogen) atoms. The molecule has 1 amide bonds. The summed E-state index contributed by atoms with van der Waals surface area (Å²) in [5.74, 6) is -1.16. The Morgan fingerprint density at radius 1 is 1.07 bits per heavy atom. The van der Waals surface area contributed by atoms with Gasteiger partial charge in [-0.3, -0.25) is 14.5 Å². The maximum atomic E-state index is 13.8. The van der Waals surface area contributed by atoms with E-state index in [1.165, 1.54) is 42.6 Å². The number of nitrogens with one attached hydrogen (secondary N) is 2. The van der Waals surface area contributed by atoms with Crippen LogP contribution in [0.5, 0.6) is 0 Å². The van der Waals surface area contributed by atoms with E-state index in [0.717, 1.165) is 6.07 Å². The molecule has 0 atom stereocenters. The summed E-state index contributed by atoms with van der Waals surface area (Å²) >= 11 is 0. The number of carbonyl (C=O) groups is 1. The first kappa shape index (κ1) is 18.5. The average molecular weight is 385 g/mol. The summed E-state index contributed by atoms with van der Waals surface area (Å²) in [5.41, 5.74) is 1.11. The first-order valence-corrected chi connectivity index (χ1v) is 9.44. The van der Waals surface area contributed by atoms with Gasteiger partial charge in [0.05, 0.1) is 22.5 Å². The zero-order chi connectivity index (χ0) is 19.4. The summed E-state index contributed by atoms with van der Waals surface area (Å²) in [7, 11) is -4.06. The molecule has 6 nitrogen and oxygen atoms in total. The van der Waals surface area contributed by atoms with E-state index in [1.54, 1.807) is 25.3 Å². The molecule has 1 aromatic heterocycles. The lowest BCUT2D eigenvalue weighted by Gasteiger charge is -2.12. The van der Waals surface area contributed by atoms with Crippen molar-refractivity contribution in [3.8, 4) is 0 Å². The smallest absolute Gasteiger partial charge is 0.262 e. The zero-order valence-electron chi connectivity index (χ0n) is 14.3. The van der Waals surface area contributed by atoms with Gasteiger partial charge in [-0.25, -0.2) is 12.8 Å². The fourth-order valence-electron chi connectivity index (χ4n) is 2.40. The van der Waals surface area contributed by atoms with Crippen LogP contribution in [0.15, 0.2) is 71.9 Å². The molecular formula is C19H16FN3O3S. The van der Waals surface area contributed by atoms with Crippen molar-refractivity contribution >= 4 is 27.3 Å². The number of sulfonamides is 1. The van der Waals surface area contributed by atoms with Gasteiger partial charge in [0.1, 0.15) is 5.82 Å². The highest BCUT2D eigenvalue weighted by Crippen LogP contribution is 2.21. The van der Waals surface area contributed by atoms with Crippen molar-refractivity contribution < 1.29 is 17.6 Å². The second-order valence-electron chi connectivity index (χ2n) is 5.76. The van der Waals surface area contributed by atoms with Crippen molar-refractivity contribution in [1.82, 2.24) is 4.98 Å². The number of anilines is 2. The van der Waals surface area contributed by atoms with Crippen molar-refractivity contribution in [3.63, 3.8) is 0 Å². The first-order valence-electron chi connectivity index (χ1n) is 7.96. The van der Waals surface area contributed by atoms with Crippen LogP contribution >= 0.6 is 0 Å². The predicted octanol–water partition coefficient (Wildman–Crippen LogP) is 3.58. The molecule has 0 spiro atoms. The third kappa shape index (κ3) is 4.29. The molecule has 1 heterocycles. The molecule has 2 aromatic carbocycles. The molecular weight excluding hydrogens is 369 g/mol. The van der Waals surface area contributed by atoms with Crippen molar-refractivity contribution in [1.29, 1.82) is 0 Å². The monoisotopic (exact) mass is 385 g/mol. The standard InChI is InChI=1S/C19H16FN3O3S/c1-13-8-9-15(27(25,26)23-18-7-3-2-6-17(18)20)11-16(13)19(24)22-14-5-4-10-21-12-14/h2-12,23H,1H3,(H,22,24). The van der Waals surface area contributed by atoms with Gasteiger partial charge >= 0.3 is 0 Å². The third-order valence-corrected chi connectivity index (χ3v) is 5.16. The Morgan fingerprint density at radius 3 is 2.56 bits per heavy atom. The van der Waals surface area contributed by atoms with Crippen molar-refractivity contribution in [2.75, 3.05) is 10.0 Å². The number of para-hydroxylation sites is 1.